The van der Waals surface area contributed by atoms with E-state index in [2.05, 4.69) is 25.0 Å². The van der Waals surface area contributed by atoms with Gasteiger partial charge >= 0.3 is 6.61 Å². The molecule has 3 N–H and O–H groups in total. The molecule has 0 spiro atoms. The van der Waals surface area contributed by atoms with E-state index in [1.807, 2.05) is 13.8 Å². The van der Waals surface area contributed by atoms with Gasteiger partial charge in [0.2, 0.25) is 0 Å². The molecule has 3 rings (SSSR count). The van der Waals surface area contributed by atoms with Gasteiger partial charge in [0, 0.05) is 11.1 Å². The Bertz CT molecular complexity index is 988. The smallest absolute Gasteiger partial charge is 0.387 e. The molecule has 1 amide bonds. The predicted octanol–water partition coefficient (Wildman–Crippen LogP) is 4.16. The Morgan fingerprint density at radius 3 is 2.88 bits per heavy atom. The predicted molar refractivity (Wildman–Crippen MR) is 122 cm³/mol. The van der Waals surface area contributed by atoms with Gasteiger partial charge in [0.15, 0.2) is 5.17 Å². The second-order valence-electron chi connectivity index (χ2n) is 7.32. The Kier molecular flexibility index (Phi) is 8.01. The number of carbonyl (C=O) groups is 1. The molecule has 0 radical (unpaired) electrons. The molecule has 1 aliphatic heterocycles. The van der Waals surface area contributed by atoms with E-state index in [-0.39, 0.29) is 17.5 Å². The van der Waals surface area contributed by atoms with Crippen molar-refractivity contribution in [2.45, 2.75) is 51.9 Å². The summed E-state index contributed by atoms with van der Waals surface area (Å²) in [7, 11) is 0. The summed E-state index contributed by atoms with van der Waals surface area (Å²) in [6, 6.07) is 1.33. The number of nitrogens with one attached hydrogen (secondary N) is 1. The van der Waals surface area contributed by atoms with Crippen molar-refractivity contribution in [1.29, 1.82) is 0 Å². The largest absolute Gasteiger partial charge is 0.433 e. The van der Waals surface area contributed by atoms with Crippen LogP contribution >= 0.6 is 23.1 Å². The quantitative estimate of drug-likeness (QED) is 0.548. The van der Waals surface area contributed by atoms with Crippen molar-refractivity contribution in [2.24, 2.45) is 10.7 Å². The zero-order valence-corrected chi connectivity index (χ0v) is 19.6. The lowest BCUT2D eigenvalue weighted by molar-refractivity contribution is -0.0501. The fourth-order valence-corrected chi connectivity index (χ4v) is 4.82. The zero-order valence-electron chi connectivity index (χ0n) is 17.9. The molecule has 0 fully saturated rings. The molecule has 3 heterocycles. The van der Waals surface area contributed by atoms with Crippen molar-refractivity contribution >= 4 is 40.0 Å². The van der Waals surface area contributed by atoms with Crippen LogP contribution in [-0.2, 0) is 10.3 Å². The molecule has 0 aliphatic carbocycles. The fourth-order valence-electron chi connectivity index (χ4n) is 3.02. The number of aliphatic imine (C=N–C) groups is 1. The minimum Gasteiger partial charge on any atom is -0.433 e. The number of rotatable bonds is 9. The molecule has 8 nitrogen and oxygen atoms in total. The number of hydrogen-bond donors (Lipinski definition) is 2. The second-order valence-corrected chi connectivity index (χ2v) is 9.29. The van der Waals surface area contributed by atoms with Crippen LogP contribution in [0, 0.1) is 6.92 Å². The highest BCUT2D eigenvalue weighted by Crippen LogP contribution is 2.38. The molecular weight excluding hydrogens is 460 g/mol. The number of anilines is 1. The summed E-state index contributed by atoms with van der Waals surface area (Å²) in [5.41, 5.74) is 5.80. The third-order valence-corrected chi connectivity index (χ3v) is 6.74. The number of ether oxygens (including phenoxy) is 2. The number of thiazole rings is 1. The van der Waals surface area contributed by atoms with Crippen LogP contribution in [-0.4, -0.2) is 46.1 Å². The maximum atomic E-state index is 12.7. The molecule has 2 aromatic rings. The Balaban J connectivity index is 1.77. The van der Waals surface area contributed by atoms with Crippen LogP contribution in [0.3, 0.4) is 0 Å². The maximum absolute atomic E-state index is 12.7. The van der Waals surface area contributed by atoms with Crippen molar-refractivity contribution in [2.75, 3.05) is 17.7 Å². The summed E-state index contributed by atoms with van der Waals surface area (Å²) >= 11 is 2.86. The number of hydrogen-bond acceptors (Lipinski definition) is 9. The number of halogens is 2. The van der Waals surface area contributed by atoms with Crippen molar-refractivity contribution in [3.8, 4) is 5.75 Å². The summed E-state index contributed by atoms with van der Waals surface area (Å²) in [4.78, 5) is 25.9. The van der Waals surface area contributed by atoms with Gasteiger partial charge in [-0.25, -0.2) is 15.0 Å². The van der Waals surface area contributed by atoms with Crippen LogP contribution in [0.5, 0.6) is 5.75 Å². The summed E-state index contributed by atoms with van der Waals surface area (Å²) in [5, 5.41) is 5.60. The highest BCUT2D eigenvalue weighted by atomic mass is 32.2. The number of carbonyl (C=O) groups excluding carboxylic acids is 1. The topological polar surface area (TPSA) is 112 Å². The van der Waals surface area contributed by atoms with E-state index in [0.29, 0.717) is 34.6 Å². The minimum atomic E-state index is -2.96. The molecule has 2 aromatic heterocycles. The van der Waals surface area contributed by atoms with E-state index < -0.39 is 18.1 Å². The lowest BCUT2D eigenvalue weighted by atomic mass is 9.98. The number of pyridine rings is 1. The number of alkyl halides is 2. The number of nitrogens with zero attached hydrogens (tertiary/aromatic N) is 3. The van der Waals surface area contributed by atoms with E-state index in [9.17, 15) is 13.6 Å². The van der Waals surface area contributed by atoms with Crippen LogP contribution in [0.25, 0.3) is 0 Å². The van der Waals surface area contributed by atoms with Crippen LogP contribution in [0.4, 0.5) is 14.6 Å². The van der Waals surface area contributed by atoms with Gasteiger partial charge in [-0.1, -0.05) is 18.7 Å². The van der Waals surface area contributed by atoms with Gasteiger partial charge in [0.1, 0.15) is 27.8 Å². The van der Waals surface area contributed by atoms with Gasteiger partial charge in [-0.3, -0.25) is 4.79 Å². The molecule has 32 heavy (non-hydrogen) atoms. The standard InChI is InChI=1S/C20H25F2N5O3S2/c1-4-12(3)29-10-20(5-6-31-19(23)27-20)17-26-14(9-32-17)25-16(28)15-11(2)7-13(8-24-15)30-18(21)22/h7-9,12,18H,4-6,10H2,1-3H3,(H2,23,27)(H,25,28). The molecule has 2 unspecified atom stereocenters. The van der Waals surface area contributed by atoms with Crippen LogP contribution in [0.15, 0.2) is 22.6 Å². The van der Waals surface area contributed by atoms with E-state index in [0.717, 1.165) is 18.4 Å². The fraction of sp³-hybridized carbons (Fsp3) is 0.500. The summed E-state index contributed by atoms with van der Waals surface area (Å²) in [6.07, 6.45) is 2.74. The number of aryl methyl sites for hydroxylation is 1. The van der Waals surface area contributed by atoms with Gasteiger partial charge in [0.05, 0.1) is 18.9 Å². The van der Waals surface area contributed by atoms with Gasteiger partial charge in [-0.15, -0.1) is 11.3 Å². The Morgan fingerprint density at radius 2 is 2.22 bits per heavy atom. The molecule has 0 bridgehead atoms. The van der Waals surface area contributed by atoms with E-state index in [1.54, 1.807) is 12.3 Å². The Labute approximate surface area is 193 Å². The highest BCUT2D eigenvalue weighted by Gasteiger charge is 2.38. The number of thioether (sulfide) groups is 1. The summed E-state index contributed by atoms with van der Waals surface area (Å²) in [6.45, 7) is 3.02. The first kappa shape index (κ1) is 24.3. The highest BCUT2D eigenvalue weighted by molar-refractivity contribution is 8.13. The SMILES string of the molecule is CCC(C)OCC1(c2nc(NC(=O)c3ncc(OC(F)F)cc3C)cs2)CCSC(N)=N1. The molecule has 0 saturated heterocycles. The third kappa shape index (κ3) is 5.93. The van der Waals surface area contributed by atoms with E-state index >= 15 is 0 Å². The van der Waals surface area contributed by atoms with Crippen LogP contribution in [0.1, 0.15) is 47.7 Å². The molecule has 1 aliphatic rings. The first-order valence-electron chi connectivity index (χ1n) is 10.0. The Morgan fingerprint density at radius 1 is 1.44 bits per heavy atom. The lowest BCUT2D eigenvalue weighted by Gasteiger charge is -2.32. The lowest BCUT2D eigenvalue weighted by Crippen LogP contribution is -2.37. The minimum absolute atomic E-state index is 0.0723. The summed E-state index contributed by atoms with van der Waals surface area (Å²) in [5.74, 6) is 0.518. The average molecular weight is 486 g/mol. The molecule has 2 atom stereocenters. The van der Waals surface area contributed by atoms with Gasteiger partial charge < -0.3 is 20.5 Å². The average Bonchev–Trinajstić information content (AvgIpc) is 3.20. The number of nitrogens with two attached hydrogens (primary N) is 1. The zero-order chi connectivity index (χ0) is 23.3. The Hall–Kier alpha value is -2.31. The van der Waals surface area contributed by atoms with Crippen molar-refractivity contribution in [3.63, 3.8) is 0 Å². The molecule has 0 saturated carbocycles. The molecule has 12 heteroatoms. The normalized spacial score (nSPS) is 19.5. The second kappa shape index (κ2) is 10.5. The molecule has 0 aromatic carbocycles. The van der Waals surface area contributed by atoms with E-state index in [1.165, 1.54) is 29.2 Å². The first-order valence-corrected chi connectivity index (χ1v) is 11.9. The molecular formula is C20H25F2N5O3S2. The maximum Gasteiger partial charge on any atom is 0.387 e. The summed E-state index contributed by atoms with van der Waals surface area (Å²) < 4.78 is 35.0. The van der Waals surface area contributed by atoms with E-state index in [4.69, 9.17) is 10.5 Å². The van der Waals surface area contributed by atoms with Gasteiger partial charge in [-0.05, 0) is 38.3 Å². The third-order valence-electron chi connectivity index (χ3n) is 4.91. The number of amides is 1. The monoisotopic (exact) mass is 485 g/mol. The van der Waals surface area contributed by atoms with Crippen LogP contribution < -0.4 is 15.8 Å². The van der Waals surface area contributed by atoms with Crippen molar-refractivity contribution in [1.82, 2.24) is 9.97 Å². The van der Waals surface area contributed by atoms with Gasteiger partial charge in [0.25, 0.3) is 5.91 Å². The van der Waals surface area contributed by atoms with Crippen molar-refractivity contribution < 1.29 is 23.0 Å². The molecule has 174 valence electrons. The number of amidine groups is 1. The number of aromatic nitrogens is 2. The van der Waals surface area contributed by atoms with Gasteiger partial charge in [-0.2, -0.15) is 8.78 Å². The first-order chi connectivity index (χ1) is 15.2. The van der Waals surface area contributed by atoms with Crippen molar-refractivity contribution in [3.05, 3.63) is 33.9 Å². The van der Waals surface area contributed by atoms with Crippen LogP contribution in [0.2, 0.25) is 0 Å².